The number of hydrogen-bond donors (Lipinski definition) is 1. The lowest BCUT2D eigenvalue weighted by Crippen LogP contribution is -2.40. The number of piperidine rings is 1. The molecule has 0 unspecified atom stereocenters. The summed E-state index contributed by atoms with van der Waals surface area (Å²) in [6, 6.07) is 7.92. The number of likely N-dealkylation sites (tertiary alicyclic amines) is 1. The Kier molecular flexibility index (Phi) is 5.18. The molecule has 110 valence electrons. The van der Waals surface area contributed by atoms with Crippen molar-refractivity contribution in [2.45, 2.75) is 33.6 Å². The molecule has 20 heavy (non-hydrogen) atoms. The highest BCUT2D eigenvalue weighted by molar-refractivity contribution is 5.91. The predicted octanol–water partition coefficient (Wildman–Crippen LogP) is 3.30. The Morgan fingerprint density at radius 1 is 1.25 bits per heavy atom. The third-order valence-corrected chi connectivity index (χ3v) is 4.02. The lowest BCUT2D eigenvalue weighted by molar-refractivity contribution is -0.116. The molecule has 0 radical (unpaired) electrons. The molecule has 1 fully saturated rings. The van der Waals surface area contributed by atoms with Crippen LogP contribution in [0.5, 0.6) is 0 Å². The Hall–Kier alpha value is -1.35. The molecule has 3 heteroatoms. The zero-order valence-corrected chi connectivity index (χ0v) is 12.9. The van der Waals surface area contributed by atoms with Gasteiger partial charge in [-0.3, -0.25) is 4.79 Å². The van der Waals surface area contributed by atoms with Crippen LogP contribution in [0, 0.1) is 18.8 Å². The van der Waals surface area contributed by atoms with E-state index in [1.54, 1.807) is 0 Å². The Bertz CT molecular complexity index is 448. The molecule has 0 saturated carbocycles. The Balaban J connectivity index is 1.79. The number of hydrogen-bond acceptors (Lipinski definition) is 2. The van der Waals surface area contributed by atoms with Crippen LogP contribution in [-0.2, 0) is 4.79 Å². The van der Waals surface area contributed by atoms with Crippen molar-refractivity contribution in [3.63, 3.8) is 0 Å². The molecule has 0 spiro atoms. The van der Waals surface area contributed by atoms with Crippen LogP contribution in [-0.4, -0.2) is 30.4 Å². The Labute approximate surface area is 122 Å². The number of rotatable bonds is 4. The zero-order chi connectivity index (χ0) is 14.5. The van der Waals surface area contributed by atoms with Gasteiger partial charge >= 0.3 is 0 Å². The fourth-order valence-corrected chi connectivity index (χ4v) is 3.16. The summed E-state index contributed by atoms with van der Waals surface area (Å²) in [6.45, 7) is 9.74. The maximum absolute atomic E-state index is 12.0. The van der Waals surface area contributed by atoms with Gasteiger partial charge in [0.2, 0.25) is 5.91 Å². The van der Waals surface area contributed by atoms with Crippen molar-refractivity contribution in [3.05, 3.63) is 29.8 Å². The summed E-state index contributed by atoms with van der Waals surface area (Å²) in [5, 5.41) is 3.01. The maximum atomic E-state index is 12.0. The van der Waals surface area contributed by atoms with Crippen LogP contribution in [0.3, 0.4) is 0 Å². The van der Waals surface area contributed by atoms with Crippen LogP contribution in [0.25, 0.3) is 0 Å². The van der Waals surface area contributed by atoms with E-state index in [2.05, 4.69) is 24.1 Å². The van der Waals surface area contributed by atoms with Gasteiger partial charge in [-0.25, -0.2) is 0 Å². The topological polar surface area (TPSA) is 32.3 Å². The molecule has 0 aromatic heterocycles. The van der Waals surface area contributed by atoms with Crippen molar-refractivity contribution in [1.29, 1.82) is 0 Å². The summed E-state index contributed by atoms with van der Waals surface area (Å²) >= 11 is 0. The number of anilines is 1. The van der Waals surface area contributed by atoms with Crippen molar-refractivity contribution in [3.8, 4) is 0 Å². The molecule has 1 aromatic rings. The molecule has 0 bridgehead atoms. The van der Waals surface area contributed by atoms with E-state index in [0.29, 0.717) is 6.42 Å². The molecule has 1 amide bonds. The van der Waals surface area contributed by atoms with Crippen molar-refractivity contribution >= 4 is 11.6 Å². The molecule has 1 aliphatic heterocycles. The SMILES string of the molecule is Cc1ccccc1NC(=O)CCN1C[C@H](C)C[C@H](C)C1. The molecule has 0 aliphatic carbocycles. The standard InChI is InChI=1S/C17H26N2O/c1-13-10-14(2)12-19(11-13)9-8-17(20)18-16-7-5-4-6-15(16)3/h4-7,13-14H,8-12H2,1-3H3,(H,18,20)/t13-,14+. The molecule has 1 heterocycles. The lowest BCUT2D eigenvalue weighted by atomic mass is 9.92. The van der Waals surface area contributed by atoms with Gasteiger partial charge in [-0.05, 0) is 36.8 Å². The second-order valence-electron chi connectivity index (χ2n) is 6.32. The molecule has 2 atom stereocenters. The normalized spacial score (nSPS) is 23.6. The van der Waals surface area contributed by atoms with Gasteiger partial charge in [0, 0.05) is 31.7 Å². The summed E-state index contributed by atoms with van der Waals surface area (Å²) in [5.41, 5.74) is 2.04. The highest BCUT2D eigenvalue weighted by Gasteiger charge is 2.21. The van der Waals surface area contributed by atoms with Gasteiger partial charge in [-0.2, -0.15) is 0 Å². The van der Waals surface area contributed by atoms with Crippen molar-refractivity contribution in [2.24, 2.45) is 11.8 Å². The highest BCUT2D eigenvalue weighted by atomic mass is 16.1. The highest BCUT2D eigenvalue weighted by Crippen LogP contribution is 2.21. The van der Waals surface area contributed by atoms with Crippen LogP contribution in [0.2, 0.25) is 0 Å². The Morgan fingerprint density at radius 2 is 1.90 bits per heavy atom. The minimum absolute atomic E-state index is 0.116. The predicted molar refractivity (Wildman–Crippen MR) is 83.8 cm³/mol. The number of para-hydroxylation sites is 1. The second kappa shape index (κ2) is 6.89. The second-order valence-corrected chi connectivity index (χ2v) is 6.32. The monoisotopic (exact) mass is 274 g/mol. The number of nitrogens with one attached hydrogen (secondary N) is 1. The fraction of sp³-hybridized carbons (Fsp3) is 0.588. The minimum Gasteiger partial charge on any atom is -0.326 e. The van der Waals surface area contributed by atoms with E-state index in [9.17, 15) is 4.79 Å². The van der Waals surface area contributed by atoms with Crippen LogP contribution in [0.15, 0.2) is 24.3 Å². The van der Waals surface area contributed by atoms with Crippen LogP contribution < -0.4 is 5.32 Å². The van der Waals surface area contributed by atoms with Gasteiger partial charge in [-0.1, -0.05) is 32.0 Å². The average Bonchev–Trinajstić information content (AvgIpc) is 2.38. The van der Waals surface area contributed by atoms with E-state index in [-0.39, 0.29) is 5.91 Å². The first-order valence-corrected chi connectivity index (χ1v) is 7.62. The van der Waals surface area contributed by atoms with Crippen LogP contribution >= 0.6 is 0 Å². The summed E-state index contributed by atoms with van der Waals surface area (Å²) < 4.78 is 0. The molecule has 1 saturated heterocycles. The number of nitrogens with zero attached hydrogens (tertiary/aromatic N) is 1. The van der Waals surface area contributed by atoms with Gasteiger partial charge in [0.1, 0.15) is 0 Å². The molecule has 1 aliphatic rings. The lowest BCUT2D eigenvalue weighted by Gasteiger charge is -2.34. The first-order chi connectivity index (χ1) is 9.54. The number of carbonyl (C=O) groups excluding carboxylic acids is 1. The van der Waals surface area contributed by atoms with E-state index < -0.39 is 0 Å². The molecular formula is C17H26N2O. The molecule has 3 nitrogen and oxygen atoms in total. The van der Waals surface area contributed by atoms with Gasteiger partial charge in [0.15, 0.2) is 0 Å². The van der Waals surface area contributed by atoms with Crippen LogP contribution in [0.4, 0.5) is 5.69 Å². The summed E-state index contributed by atoms with van der Waals surface area (Å²) in [6.07, 6.45) is 1.89. The summed E-state index contributed by atoms with van der Waals surface area (Å²) in [4.78, 5) is 14.5. The average molecular weight is 274 g/mol. The summed E-state index contributed by atoms with van der Waals surface area (Å²) in [7, 11) is 0. The van der Waals surface area contributed by atoms with E-state index in [0.717, 1.165) is 42.7 Å². The van der Waals surface area contributed by atoms with Gasteiger partial charge < -0.3 is 10.2 Å². The van der Waals surface area contributed by atoms with Crippen molar-refractivity contribution < 1.29 is 4.79 Å². The quantitative estimate of drug-likeness (QED) is 0.913. The van der Waals surface area contributed by atoms with E-state index >= 15 is 0 Å². The molecule has 1 N–H and O–H groups in total. The van der Waals surface area contributed by atoms with E-state index in [1.165, 1.54) is 6.42 Å². The third-order valence-electron chi connectivity index (χ3n) is 4.02. The Morgan fingerprint density at radius 3 is 2.55 bits per heavy atom. The zero-order valence-electron chi connectivity index (χ0n) is 12.9. The van der Waals surface area contributed by atoms with E-state index in [4.69, 9.17) is 0 Å². The minimum atomic E-state index is 0.116. The number of benzene rings is 1. The number of amides is 1. The third kappa shape index (κ3) is 4.34. The van der Waals surface area contributed by atoms with Crippen molar-refractivity contribution in [1.82, 2.24) is 4.90 Å². The first-order valence-electron chi connectivity index (χ1n) is 7.62. The smallest absolute Gasteiger partial charge is 0.225 e. The molecular weight excluding hydrogens is 248 g/mol. The van der Waals surface area contributed by atoms with Gasteiger partial charge in [-0.15, -0.1) is 0 Å². The number of carbonyl (C=O) groups is 1. The summed E-state index contributed by atoms with van der Waals surface area (Å²) in [5.74, 6) is 1.61. The van der Waals surface area contributed by atoms with Crippen molar-refractivity contribution in [2.75, 3.05) is 25.0 Å². The first kappa shape index (κ1) is 15.0. The number of aryl methyl sites for hydroxylation is 1. The maximum Gasteiger partial charge on any atom is 0.225 e. The molecule has 2 rings (SSSR count). The molecule has 1 aromatic carbocycles. The van der Waals surface area contributed by atoms with Gasteiger partial charge in [0.25, 0.3) is 0 Å². The fourth-order valence-electron chi connectivity index (χ4n) is 3.16. The van der Waals surface area contributed by atoms with E-state index in [1.807, 2.05) is 31.2 Å². The van der Waals surface area contributed by atoms with Crippen LogP contribution in [0.1, 0.15) is 32.3 Å². The largest absolute Gasteiger partial charge is 0.326 e. The van der Waals surface area contributed by atoms with Gasteiger partial charge in [0.05, 0.1) is 0 Å².